The van der Waals surface area contributed by atoms with Crippen molar-refractivity contribution in [3.63, 3.8) is 0 Å². The van der Waals surface area contributed by atoms with Gasteiger partial charge in [0.05, 0.1) is 17.6 Å². The predicted octanol–water partition coefficient (Wildman–Crippen LogP) is 1.49. The molecule has 3 N–H and O–H groups in total. The van der Waals surface area contributed by atoms with Crippen LogP contribution in [-0.2, 0) is 11.3 Å². The number of anilines is 1. The lowest BCUT2D eigenvalue weighted by molar-refractivity contribution is -0.384. The topological polar surface area (TPSA) is 93.7 Å². The second kappa shape index (κ2) is 6.65. The molecule has 7 heteroatoms. The minimum atomic E-state index is -0.424. The molecule has 1 aliphatic rings. The number of morpholine rings is 1. The number of nitrogens with two attached hydrogens (primary N) is 1. The first kappa shape index (κ1) is 14.7. The van der Waals surface area contributed by atoms with Gasteiger partial charge in [-0.25, -0.2) is 0 Å². The second-order valence-corrected chi connectivity index (χ2v) is 4.89. The van der Waals surface area contributed by atoms with Gasteiger partial charge in [0.25, 0.3) is 5.69 Å². The summed E-state index contributed by atoms with van der Waals surface area (Å²) in [6, 6.07) is 5.08. The van der Waals surface area contributed by atoms with Crippen molar-refractivity contribution in [2.24, 2.45) is 5.84 Å². The maximum Gasteiger partial charge on any atom is 0.293 e. The zero-order chi connectivity index (χ0) is 14.5. The number of hydrazine groups is 1. The van der Waals surface area contributed by atoms with Crippen LogP contribution in [0, 0.1) is 10.1 Å². The van der Waals surface area contributed by atoms with Gasteiger partial charge < -0.3 is 10.2 Å². The number of benzene rings is 1. The summed E-state index contributed by atoms with van der Waals surface area (Å²) in [4.78, 5) is 12.8. The molecule has 110 valence electrons. The van der Waals surface area contributed by atoms with Crippen LogP contribution in [0.15, 0.2) is 18.2 Å². The van der Waals surface area contributed by atoms with E-state index in [4.69, 9.17) is 10.6 Å². The Balaban J connectivity index is 2.09. The standard InChI is InChI=1S/C13H20N4O3/c1-2-11-9-16(5-6-20-11)8-10-3-4-12(15-14)13(7-10)17(18)19/h3-4,7,11,15H,2,5-6,8-9,14H2,1H3. The average molecular weight is 280 g/mol. The van der Waals surface area contributed by atoms with Gasteiger partial charge in [-0.05, 0) is 18.1 Å². The zero-order valence-electron chi connectivity index (χ0n) is 11.5. The highest BCUT2D eigenvalue weighted by Crippen LogP contribution is 2.25. The molecule has 1 heterocycles. The fraction of sp³-hybridized carbons (Fsp3) is 0.538. The molecule has 2 rings (SSSR count). The van der Waals surface area contributed by atoms with Crippen LogP contribution in [-0.4, -0.2) is 35.6 Å². The zero-order valence-corrected chi connectivity index (χ0v) is 11.5. The van der Waals surface area contributed by atoms with E-state index in [1.165, 1.54) is 0 Å². The van der Waals surface area contributed by atoms with Crippen molar-refractivity contribution >= 4 is 11.4 Å². The molecule has 0 spiro atoms. The molecule has 1 aromatic rings. The predicted molar refractivity (Wildman–Crippen MR) is 76.2 cm³/mol. The smallest absolute Gasteiger partial charge is 0.293 e. The third-order valence-electron chi connectivity index (χ3n) is 3.50. The van der Waals surface area contributed by atoms with Gasteiger partial charge in [-0.3, -0.25) is 20.9 Å². The van der Waals surface area contributed by atoms with Gasteiger partial charge in [0.2, 0.25) is 0 Å². The van der Waals surface area contributed by atoms with E-state index in [-0.39, 0.29) is 11.8 Å². The monoisotopic (exact) mass is 280 g/mol. The number of nitrogen functional groups attached to an aromatic ring is 1. The van der Waals surface area contributed by atoms with E-state index < -0.39 is 4.92 Å². The molecule has 0 aromatic heterocycles. The lowest BCUT2D eigenvalue weighted by Gasteiger charge is -2.32. The van der Waals surface area contributed by atoms with Crippen LogP contribution < -0.4 is 11.3 Å². The van der Waals surface area contributed by atoms with Crippen LogP contribution in [0.1, 0.15) is 18.9 Å². The first-order valence-electron chi connectivity index (χ1n) is 6.72. The van der Waals surface area contributed by atoms with Crippen molar-refractivity contribution < 1.29 is 9.66 Å². The van der Waals surface area contributed by atoms with Crippen molar-refractivity contribution in [3.8, 4) is 0 Å². The molecule has 1 unspecified atom stereocenters. The summed E-state index contributed by atoms with van der Waals surface area (Å²) in [5, 5.41) is 11.0. The van der Waals surface area contributed by atoms with Crippen molar-refractivity contribution in [3.05, 3.63) is 33.9 Å². The molecule has 1 saturated heterocycles. The molecule has 1 aromatic carbocycles. The Bertz CT molecular complexity index is 481. The molecule has 1 atom stereocenters. The van der Waals surface area contributed by atoms with Crippen LogP contribution in [0.25, 0.3) is 0 Å². The first-order chi connectivity index (χ1) is 9.63. The van der Waals surface area contributed by atoms with E-state index in [0.717, 1.165) is 25.1 Å². The van der Waals surface area contributed by atoms with Gasteiger partial charge in [0.1, 0.15) is 5.69 Å². The molecule has 20 heavy (non-hydrogen) atoms. The van der Waals surface area contributed by atoms with Crippen LogP contribution >= 0.6 is 0 Å². The van der Waals surface area contributed by atoms with Gasteiger partial charge in [-0.1, -0.05) is 13.0 Å². The Morgan fingerprint density at radius 3 is 3.05 bits per heavy atom. The molecule has 0 bridgehead atoms. The largest absolute Gasteiger partial charge is 0.376 e. The highest BCUT2D eigenvalue weighted by atomic mass is 16.6. The second-order valence-electron chi connectivity index (χ2n) is 4.89. The molecule has 0 aliphatic carbocycles. The highest BCUT2D eigenvalue weighted by molar-refractivity contribution is 5.61. The van der Waals surface area contributed by atoms with Crippen LogP contribution in [0.2, 0.25) is 0 Å². The maximum absolute atomic E-state index is 11.0. The molecule has 0 saturated carbocycles. The molecule has 1 fully saturated rings. The van der Waals surface area contributed by atoms with Crippen LogP contribution in [0.3, 0.4) is 0 Å². The molecule has 0 amide bonds. The number of hydrogen-bond acceptors (Lipinski definition) is 6. The van der Waals surface area contributed by atoms with E-state index in [1.807, 2.05) is 6.07 Å². The van der Waals surface area contributed by atoms with Crippen LogP contribution in [0.4, 0.5) is 11.4 Å². The Morgan fingerprint density at radius 2 is 2.40 bits per heavy atom. The van der Waals surface area contributed by atoms with Crippen molar-refractivity contribution in [1.29, 1.82) is 0 Å². The third kappa shape index (κ3) is 3.44. The number of ether oxygens (including phenoxy) is 1. The van der Waals surface area contributed by atoms with Crippen molar-refractivity contribution in [2.75, 3.05) is 25.1 Å². The van der Waals surface area contributed by atoms with Crippen LogP contribution in [0.5, 0.6) is 0 Å². The Kier molecular flexibility index (Phi) is 4.89. The number of rotatable bonds is 5. The number of nitrogens with one attached hydrogen (secondary N) is 1. The van der Waals surface area contributed by atoms with E-state index in [2.05, 4.69) is 17.2 Å². The summed E-state index contributed by atoms with van der Waals surface area (Å²) in [5.41, 5.74) is 3.59. The summed E-state index contributed by atoms with van der Waals surface area (Å²) in [7, 11) is 0. The number of hydrogen-bond donors (Lipinski definition) is 2. The Labute approximate surface area is 117 Å². The van der Waals surface area contributed by atoms with Gasteiger partial charge in [-0.2, -0.15) is 0 Å². The summed E-state index contributed by atoms with van der Waals surface area (Å²) in [6.45, 7) is 5.21. The van der Waals surface area contributed by atoms with E-state index in [9.17, 15) is 10.1 Å². The lowest BCUT2D eigenvalue weighted by atomic mass is 10.1. The molecule has 7 nitrogen and oxygen atoms in total. The maximum atomic E-state index is 11.0. The average Bonchev–Trinajstić information content (AvgIpc) is 2.47. The van der Waals surface area contributed by atoms with E-state index in [1.54, 1.807) is 12.1 Å². The SMILES string of the molecule is CCC1CN(Cc2ccc(NN)c([N+](=O)[O-])c2)CCO1. The number of nitro groups is 1. The quantitative estimate of drug-likeness (QED) is 0.482. The van der Waals surface area contributed by atoms with Gasteiger partial charge >= 0.3 is 0 Å². The normalized spacial score (nSPS) is 19.8. The number of nitrogens with zero attached hydrogens (tertiary/aromatic N) is 2. The Morgan fingerprint density at radius 1 is 1.60 bits per heavy atom. The summed E-state index contributed by atoms with van der Waals surface area (Å²) in [6.07, 6.45) is 1.23. The molecular formula is C13H20N4O3. The lowest BCUT2D eigenvalue weighted by Crippen LogP contribution is -2.41. The van der Waals surface area contributed by atoms with E-state index in [0.29, 0.717) is 18.8 Å². The Hall–Kier alpha value is -1.70. The molecular weight excluding hydrogens is 260 g/mol. The van der Waals surface area contributed by atoms with E-state index >= 15 is 0 Å². The summed E-state index contributed by atoms with van der Waals surface area (Å²) < 4.78 is 5.62. The fourth-order valence-electron chi connectivity index (χ4n) is 2.38. The molecule has 1 aliphatic heterocycles. The minimum Gasteiger partial charge on any atom is -0.376 e. The summed E-state index contributed by atoms with van der Waals surface area (Å²) in [5.74, 6) is 5.28. The minimum absolute atomic E-state index is 0.00491. The van der Waals surface area contributed by atoms with Crippen molar-refractivity contribution in [2.45, 2.75) is 26.0 Å². The third-order valence-corrected chi connectivity index (χ3v) is 3.50. The number of nitro benzene ring substituents is 1. The molecule has 0 radical (unpaired) electrons. The first-order valence-corrected chi connectivity index (χ1v) is 6.72. The van der Waals surface area contributed by atoms with Gasteiger partial charge in [0.15, 0.2) is 0 Å². The van der Waals surface area contributed by atoms with Crippen molar-refractivity contribution in [1.82, 2.24) is 4.90 Å². The summed E-state index contributed by atoms with van der Waals surface area (Å²) >= 11 is 0. The van der Waals surface area contributed by atoms with Gasteiger partial charge in [-0.15, -0.1) is 0 Å². The highest BCUT2D eigenvalue weighted by Gasteiger charge is 2.20. The van der Waals surface area contributed by atoms with Gasteiger partial charge in [0, 0.05) is 25.7 Å². The fourth-order valence-corrected chi connectivity index (χ4v) is 2.38.